The molecule has 0 amide bonds. The first-order valence-electron chi connectivity index (χ1n) is 16.7. The largest absolute Gasteiger partial charge is 0.310 e. The Balaban J connectivity index is 1.22. The molecule has 3 nitrogen and oxygen atoms in total. The summed E-state index contributed by atoms with van der Waals surface area (Å²) in [4.78, 5) is 2.37. The monoisotopic (exact) mass is 617 g/mol. The molecule has 0 radical (unpaired) electrons. The maximum Gasteiger partial charge on any atom is 0.0964 e. The summed E-state index contributed by atoms with van der Waals surface area (Å²) in [6.45, 7) is 6.89. The van der Waals surface area contributed by atoms with Gasteiger partial charge in [-0.3, -0.25) is 0 Å². The lowest BCUT2D eigenvalue weighted by Crippen LogP contribution is -2.16. The Morgan fingerprint density at radius 1 is 0.542 bits per heavy atom. The second-order valence-electron chi connectivity index (χ2n) is 13.3. The molecule has 2 aromatic heterocycles. The maximum atomic E-state index is 5.34. The standard InChI is InChI=1S/C45H35N3/c1-30-43(46-48-42(31-15-6-4-7-16-31)28-32-17-10-11-22-37(32)44(30)48)33-18-14-21-35(27-33)47(34-19-8-5-9-20-34)36-25-26-39-38-23-12-13-24-40(38)45(2,3)41(39)29-36/h4-29H,1-3H3. The van der Waals surface area contributed by atoms with Crippen LogP contribution < -0.4 is 4.90 Å². The summed E-state index contributed by atoms with van der Waals surface area (Å²) in [5.74, 6) is 0. The second-order valence-corrected chi connectivity index (χ2v) is 13.3. The van der Waals surface area contributed by atoms with E-state index in [0.717, 1.165) is 45.1 Å². The minimum atomic E-state index is -0.0843. The molecule has 1 aliphatic rings. The summed E-state index contributed by atoms with van der Waals surface area (Å²) in [6, 6.07) is 56.8. The fourth-order valence-electron chi connectivity index (χ4n) is 7.77. The van der Waals surface area contributed by atoms with E-state index in [1.165, 1.54) is 38.6 Å². The van der Waals surface area contributed by atoms with Gasteiger partial charge in [0.1, 0.15) is 0 Å². The first-order chi connectivity index (χ1) is 23.5. The molecule has 0 atom stereocenters. The van der Waals surface area contributed by atoms with E-state index in [9.17, 15) is 0 Å². The van der Waals surface area contributed by atoms with Crippen LogP contribution >= 0.6 is 0 Å². The number of nitrogens with zero attached hydrogens (tertiary/aromatic N) is 3. The van der Waals surface area contributed by atoms with Crippen LogP contribution in [0, 0.1) is 6.92 Å². The van der Waals surface area contributed by atoms with Gasteiger partial charge in [-0.15, -0.1) is 0 Å². The molecule has 48 heavy (non-hydrogen) atoms. The quantitative estimate of drug-likeness (QED) is 0.191. The molecular weight excluding hydrogens is 583 g/mol. The highest BCUT2D eigenvalue weighted by Crippen LogP contribution is 2.50. The minimum absolute atomic E-state index is 0.0843. The van der Waals surface area contributed by atoms with Crippen molar-refractivity contribution in [3.63, 3.8) is 0 Å². The molecule has 0 N–H and O–H groups in total. The molecule has 0 saturated heterocycles. The molecule has 0 aliphatic heterocycles. The zero-order valence-electron chi connectivity index (χ0n) is 27.4. The highest BCUT2D eigenvalue weighted by Gasteiger charge is 2.35. The normalized spacial score (nSPS) is 13.1. The first-order valence-corrected chi connectivity index (χ1v) is 16.7. The Kier molecular flexibility index (Phi) is 6.38. The summed E-state index contributed by atoms with van der Waals surface area (Å²) in [5, 5.41) is 7.76. The second kappa shape index (κ2) is 10.8. The van der Waals surface area contributed by atoms with Crippen LogP contribution in [-0.2, 0) is 5.41 Å². The van der Waals surface area contributed by atoms with Gasteiger partial charge in [-0.1, -0.05) is 129 Å². The van der Waals surface area contributed by atoms with Crippen LogP contribution in [0.2, 0.25) is 0 Å². The number of para-hydroxylation sites is 1. The Hall–Kier alpha value is -5.93. The van der Waals surface area contributed by atoms with Crippen molar-refractivity contribution < 1.29 is 0 Å². The van der Waals surface area contributed by atoms with Crippen molar-refractivity contribution in [1.82, 2.24) is 9.61 Å². The third kappa shape index (κ3) is 4.31. The zero-order valence-corrected chi connectivity index (χ0v) is 27.4. The van der Waals surface area contributed by atoms with Crippen molar-refractivity contribution in [3.8, 4) is 33.6 Å². The molecule has 2 heterocycles. The van der Waals surface area contributed by atoms with Crippen molar-refractivity contribution in [1.29, 1.82) is 0 Å². The van der Waals surface area contributed by atoms with Crippen LogP contribution in [0.25, 0.3) is 49.9 Å². The van der Waals surface area contributed by atoms with Crippen LogP contribution in [0.15, 0.2) is 158 Å². The van der Waals surface area contributed by atoms with Crippen LogP contribution in [-0.4, -0.2) is 9.61 Å². The number of hydrogen-bond acceptors (Lipinski definition) is 2. The van der Waals surface area contributed by atoms with Gasteiger partial charge in [-0.05, 0) is 77.0 Å². The molecule has 0 saturated carbocycles. The van der Waals surface area contributed by atoms with Gasteiger partial charge in [0.25, 0.3) is 0 Å². The van der Waals surface area contributed by atoms with E-state index in [4.69, 9.17) is 5.10 Å². The van der Waals surface area contributed by atoms with Gasteiger partial charge in [-0.25, -0.2) is 4.52 Å². The van der Waals surface area contributed by atoms with E-state index in [2.05, 4.69) is 188 Å². The fraction of sp³-hybridized carbons (Fsp3) is 0.0889. The molecule has 230 valence electrons. The van der Waals surface area contributed by atoms with E-state index >= 15 is 0 Å². The average molecular weight is 618 g/mol. The Bertz CT molecular complexity index is 2490. The molecule has 0 fully saturated rings. The molecule has 0 bridgehead atoms. The predicted octanol–water partition coefficient (Wildman–Crippen LogP) is 11.9. The lowest BCUT2D eigenvalue weighted by Gasteiger charge is -2.28. The van der Waals surface area contributed by atoms with Crippen molar-refractivity contribution in [2.24, 2.45) is 0 Å². The van der Waals surface area contributed by atoms with E-state index in [-0.39, 0.29) is 5.41 Å². The molecule has 3 heteroatoms. The van der Waals surface area contributed by atoms with Crippen LogP contribution in [0.5, 0.6) is 0 Å². The van der Waals surface area contributed by atoms with E-state index in [1.54, 1.807) is 0 Å². The third-order valence-corrected chi connectivity index (χ3v) is 10.1. The number of benzene rings is 6. The Morgan fingerprint density at radius 2 is 1.19 bits per heavy atom. The molecule has 0 unspecified atom stereocenters. The first kappa shape index (κ1) is 28.3. The van der Waals surface area contributed by atoms with Crippen molar-refractivity contribution >= 4 is 33.4 Å². The predicted molar refractivity (Wildman–Crippen MR) is 201 cm³/mol. The topological polar surface area (TPSA) is 20.5 Å². The van der Waals surface area contributed by atoms with E-state index < -0.39 is 0 Å². The summed E-state index contributed by atoms with van der Waals surface area (Å²) < 4.78 is 2.14. The number of aromatic nitrogens is 2. The minimum Gasteiger partial charge on any atom is -0.310 e. The molecule has 8 aromatic rings. The van der Waals surface area contributed by atoms with Gasteiger partial charge in [0.2, 0.25) is 0 Å². The highest BCUT2D eigenvalue weighted by molar-refractivity contribution is 6.01. The van der Waals surface area contributed by atoms with Crippen molar-refractivity contribution in [3.05, 3.63) is 174 Å². The third-order valence-electron chi connectivity index (χ3n) is 10.1. The Labute approximate surface area is 281 Å². The molecule has 0 spiro atoms. The van der Waals surface area contributed by atoms with Gasteiger partial charge in [0.05, 0.1) is 16.9 Å². The van der Waals surface area contributed by atoms with E-state index in [0.29, 0.717) is 0 Å². The summed E-state index contributed by atoms with van der Waals surface area (Å²) in [6.07, 6.45) is 0. The SMILES string of the molecule is Cc1c(-c2cccc(N(c3ccccc3)c3ccc4c(c3)C(C)(C)c3ccccc3-4)c2)nn2c(-c3ccccc3)cc3ccccc3c12. The average Bonchev–Trinajstić information content (AvgIpc) is 3.60. The summed E-state index contributed by atoms with van der Waals surface area (Å²) >= 11 is 0. The van der Waals surface area contributed by atoms with Crippen LogP contribution in [0.1, 0.15) is 30.5 Å². The van der Waals surface area contributed by atoms with Gasteiger partial charge in [-0.2, -0.15) is 5.10 Å². The number of hydrogen-bond donors (Lipinski definition) is 0. The summed E-state index contributed by atoms with van der Waals surface area (Å²) in [5.41, 5.74) is 15.3. The van der Waals surface area contributed by atoms with Crippen LogP contribution in [0.3, 0.4) is 0 Å². The number of pyridine rings is 1. The smallest absolute Gasteiger partial charge is 0.0964 e. The van der Waals surface area contributed by atoms with Crippen molar-refractivity contribution in [2.75, 3.05) is 4.90 Å². The lowest BCUT2D eigenvalue weighted by molar-refractivity contribution is 0.660. The number of aryl methyl sites for hydroxylation is 1. The molecule has 1 aliphatic carbocycles. The lowest BCUT2D eigenvalue weighted by atomic mass is 9.82. The van der Waals surface area contributed by atoms with Crippen LogP contribution in [0.4, 0.5) is 17.1 Å². The zero-order chi connectivity index (χ0) is 32.4. The number of fused-ring (bicyclic) bond motifs is 6. The number of anilines is 3. The fourth-order valence-corrected chi connectivity index (χ4v) is 7.77. The van der Waals surface area contributed by atoms with Gasteiger partial charge in [0.15, 0.2) is 0 Å². The Morgan fingerprint density at radius 3 is 2.02 bits per heavy atom. The summed E-state index contributed by atoms with van der Waals surface area (Å²) in [7, 11) is 0. The molecular formula is C45H35N3. The van der Waals surface area contributed by atoms with Crippen molar-refractivity contribution in [2.45, 2.75) is 26.2 Å². The molecule has 9 rings (SSSR count). The van der Waals surface area contributed by atoms with Gasteiger partial charge in [0, 0.05) is 44.6 Å². The number of rotatable bonds is 5. The van der Waals surface area contributed by atoms with E-state index in [1.807, 2.05) is 0 Å². The highest BCUT2D eigenvalue weighted by atomic mass is 15.2. The maximum absolute atomic E-state index is 5.34. The van der Waals surface area contributed by atoms with Gasteiger partial charge >= 0.3 is 0 Å². The van der Waals surface area contributed by atoms with Gasteiger partial charge < -0.3 is 4.90 Å². The molecule has 6 aromatic carbocycles.